The van der Waals surface area contributed by atoms with Gasteiger partial charge >= 0.3 is 0 Å². The highest BCUT2D eigenvalue weighted by molar-refractivity contribution is 14.1. The Morgan fingerprint density at radius 1 is 0.967 bits per heavy atom. The molecule has 0 aromatic rings. The number of hydrogen-bond acceptors (Lipinski definition) is 4. The lowest BCUT2D eigenvalue weighted by molar-refractivity contribution is -0.123. The third-order valence-corrected chi connectivity index (χ3v) is 10.7. The lowest BCUT2D eigenvalue weighted by Crippen LogP contribution is -2.56. The number of carbonyl (C=O) groups is 1. The summed E-state index contributed by atoms with van der Waals surface area (Å²) in [6, 6.07) is -0.0433. The van der Waals surface area contributed by atoms with Crippen molar-refractivity contribution in [3.8, 4) is 0 Å². The second-order valence-electron chi connectivity index (χ2n) is 9.21. The van der Waals surface area contributed by atoms with E-state index in [1.54, 1.807) is 4.31 Å². The minimum Gasteiger partial charge on any atom is -0.377 e. The van der Waals surface area contributed by atoms with Crippen LogP contribution in [0.15, 0.2) is 0 Å². The second kappa shape index (κ2) is 11.8. The minimum absolute atomic E-state index is 0.0583. The first kappa shape index (κ1) is 24.7. The molecule has 0 bridgehead atoms. The minimum atomic E-state index is -3.53. The maximum atomic E-state index is 13.7. The maximum absolute atomic E-state index is 13.7. The molecule has 2 unspecified atom stereocenters. The van der Waals surface area contributed by atoms with Crippen molar-refractivity contribution in [2.24, 2.45) is 0 Å². The lowest BCUT2D eigenvalue weighted by atomic mass is 9.92. The van der Waals surface area contributed by atoms with E-state index >= 15 is 0 Å². The van der Waals surface area contributed by atoms with Gasteiger partial charge in [-0.05, 0) is 58.3 Å². The molecule has 3 aliphatic rings. The predicted octanol–water partition coefficient (Wildman–Crippen LogP) is 4.16. The van der Waals surface area contributed by atoms with Crippen LogP contribution in [-0.4, -0.2) is 59.1 Å². The van der Waals surface area contributed by atoms with Crippen molar-refractivity contribution in [3.05, 3.63) is 0 Å². The zero-order valence-corrected chi connectivity index (χ0v) is 21.3. The number of nitrogens with one attached hydrogen (secondary N) is 1. The largest absolute Gasteiger partial charge is 0.377 e. The molecule has 0 radical (unpaired) electrons. The third-order valence-electron chi connectivity index (χ3n) is 7.04. The number of ether oxygens (including phenoxy) is 1. The molecular weight excluding hydrogens is 515 g/mol. The van der Waals surface area contributed by atoms with Crippen LogP contribution in [0.25, 0.3) is 0 Å². The van der Waals surface area contributed by atoms with Crippen molar-refractivity contribution in [1.82, 2.24) is 9.62 Å². The Morgan fingerprint density at radius 3 is 2.27 bits per heavy atom. The van der Waals surface area contributed by atoms with Gasteiger partial charge in [-0.1, -0.05) is 54.7 Å². The maximum Gasteiger partial charge on any atom is 0.235 e. The highest BCUT2D eigenvalue weighted by atomic mass is 127. The number of hydrogen-bond donors (Lipinski definition) is 1. The van der Waals surface area contributed by atoms with Crippen LogP contribution in [0.1, 0.15) is 90.4 Å². The number of carbonyl (C=O) groups excluding carboxylic acids is 1. The molecule has 1 N–H and O–H groups in total. The Morgan fingerprint density at radius 2 is 1.60 bits per heavy atom. The summed E-state index contributed by atoms with van der Waals surface area (Å²) in [5, 5.41) is 2.79. The van der Waals surface area contributed by atoms with Crippen molar-refractivity contribution >= 4 is 38.5 Å². The van der Waals surface area contributed by atoms with Crippen molar-refractivity contribution in [3.63, 3.8) is 0 Å². The molecule has 8 heteroatoms. The second-order valence-corrected chi connectivity index (χ2v) is 13.1. The number of halogens is 1. The quantitative estimate of drug-likeness (QED) is 0.361. The number of sulfonamides is 1. The first-order valence-corrected chi connectivity index (χ1v) is 14.7. The molecule has 3 saturated carbocycles. The molecule has 3 rings (SSSR count). The van der Waals surface area contributed by atoms with Gasteiger partial charge in [0.25, 0.3) is 0 Å². The average molecular weight is 555 g/mol. The first-order valence-electron chi connectivity index (χ1n) is 12.0. The van der Waals surface area contributed by atoms with E-state index in [1.165, 1.54) is 0 Å². The van der Waals surface area contributed by atoms with Crippen molar-refractivity contribution in [2.75, 3.05) is 13.2 Å². The van der Waals surface area contributed by atoms with Crippen LogP contribution in [0, 0.1) is 0 Å². The van der Waals surface area contributed by atoms with Crippen LogP contribution in [0.4, 0.5) is 0 Å². The molecule has 0 aromatic carbocycles. The van der Waals surface area contributed by atoms with Gasteiger partial charge in [-0.15, -0.1) is 0 Å². The molecule has 174 valence electrons. The van der Waals surface area contributed by atoms with Crippen molar-refractivity contribution in [2.45, 2.75) is 118 Å². The SMILES string of the molecule is CCOC1CCCCC1N(CC(=O)NC1CCC(I)CC1)S(=O)(=O)C1CCCCC1. The number of alkyl halides is 1. The molecule has 1 amide bonds. The molecule has 2 atom stereocenters. The molecule has 6 nitrogen and oxygen atoms in total. The van der Waals surface area contributed by atoms with Gasteiger partial charge in [0.05, 0.1) is 23.9 Å². The molecule has 0 heterocycles. The summed E-state index contributed by atoms with van der Waals surface area (Å²) in [6.45, 7) is 2.48. The van der Waals surface area contributed by atoms with Crippen molar-refractivity contribution in [1.29, 1.82) is 0 Å². The van der Waals surface area contributed by atoms with Gasteiger partial charge in [0.2, 0.25) is 15.9 Å². The Hall–Kier alpha value is 0.0700. The summed E-state index contributed by atoms with van der Waals surface area (Å²) in [7, 11) is -3.53. The summed E-state index contributed by atoms with van der Waals surface area (Å²) in [4.78, 5) is 13.0. The van der Waals surface area contributed by atoms with Crippen LogP contribution >= 0.6 is 22.6 Å². The molecule has 0 aromatic heterocycles. The molecule has 0 saturated heterocycles. The standard InChI is InChI=1S/C22H39IN2O4S/c1-2-29-21-11-7-6-10-20(21)25(30(27,28)19-8-4-3-5-9-19)16-22(26)24-18-14-12-17(23)13-15-18/h17-21H,2-16H2,1H3,(H,24,26). The topological polar surface area (TPSA) is 75.7 Å². The van der Waals surface area contributed by atoms with E-state index in [4.69, 9.17) is 4.74 Å². The Kier molecular flexibility index (Phi) is 9.71. The van der Waals surface area contributed by atoms with E-state index in [2.05, 4.69) is 27.9 Å². The lowest BCUT2D eigenvalue weighted by Gasteiger charge is -2.40. The van der Waals surface area contributed by atoms with Gasteiger partial charge in [0, 0.05) is 16.6 Å². The Labute approximate surface area is 196 Å². The molecule has 0 spiro atoms. The third kappa shape index (κ3) is 6.54. The van der Waals surface area contributed by atoms with E-state index in [9.17, 15) is 13.2 Å². The van der Waals surface area contributed by atoms with E-state index in [1.807, 2.05) is 6.92 Å². The zero-order valence-electron chi connectivity index (χ0n) is 18.4. The van der Waals surface area contributed by atoms with Gasteiger partial charge in [-0.3, -0.25) is 4.79 Å². The van der Waals surface area contributed by atoms with Crippen LogP contribution in [0.5, 0.6) is 0 Å². The Balaban J connectivity index is 1.75. The average Bonchev–Trinajstić information content (AvgIpc) is 2.75. The van der Waals surface area contributed by atoms with Gasteiger partial charge in [-0.25, -0.2) is 8.42 Å². The summed E-state index contributed by atoms with van der Waals surface area (Å²) < 4.78 is 35.6. The molecular formula is C22H39IN2O4S. The fraction of sp³-hybridized carbons (Fsp3) is 0.955. The summed E-state index contributed by atoms with van der Waals surface area (Å²) in [6.07, 6.45) is 12.3. The van der Waals surface area contributed by atoms with Crippen LogP contribution in [-0.2, 0) is 19.6 Å². The summed E-state index contributed by atoms with van der Waals surface area (Å²) in [5.74, 6) is -0.146. The molecule has 30 heavy (non-hydrogen) atoms. The van der Waals surface area contributed by atoms with E-state index in [-0.39, 0.29) is 35.9 Å². The monoisotopic (exact) mass is 554 g/mol. The van der Waals surface area contributed by atoms with E-state index < -0.39 is 10.0 Å². The van der Waals surface area contributed by atoms with Gasteiger partial charge in [-0.2, -0.15) is 4.31 Å². The molecule has 0 aliphatic heterocycles. The van der Waals surface area contributed by atoms with Crippen molar-refractivity contribution < 1.29 is 17.9 Å². The highest BCUT2D eigenvalue weighted by Gasteiger charge is 2.42. The smallest absolute Gasteiger partial charge is 0.235 e. The molecule has 3 aliphatic carbocycles. The van der Waals surface area contributed by atoms with Gasteiger partial charge < -0.3 is 10.1 Å². The van der Waals surface area contributed by atoms with E-state index in [0.29, 0.717) is 23.4 Å². The first-order chi connectivity index (χ1) is 14.4. The normalized spacial score (nSPS) is 31.6. The Bertz CT molecular complexity index is 644. The fourth-order valence-corrected chi connectivity index (χ4v) is 8.32. The number of nitrogens with zero attached hydrogens (tertiary/aromatic N) is 1. The number of rotatable bonds is 8. The number of amides is 1. The van der Waals surface area contributed by atoms with Gasteiger partial charge in [0.15, 0.2) is 0 Å². The molecule has 3 fully saturated rings. The van der Waals surface area contributed by atoms with Crippen LogP contribution in [0.2, 0.25) is 0 Å². The van der Waals surface area contributed by atoms with E-state index in [0.717, 1.165) is 70.6 Å². The van der Waals surface area contributed by atoms with Crippen LogP contribution in [0.3, 0.4) is 0 Å². The van der Waals surface area contributed by atoms with Crippen LogP contribution < -0.4 is 5.32 Å². The zero-order chi connectivity index (χ0) is 21.6. The summed E-state index contributed by atoms with van der Waals surface area (Å²) >= 11 is 2.48. The highest BCUT2D eigenvalue weighted by Crippen LogP contribution is 2.33. The summed E-state index contributed by atoms with van der Waals surface area (Å²) in [5.41, 5.74) is 0. The van der Waals surface area contributed by atoms with Gasteiger partial charge in [0.1, 0.15) is 0 Å². The fourth-order valence-electron chi connectivity index (χ4n) is 5.38. The predicted molar refractivity (Wildman–Crippen MR) is 128 cm³/mol.